The fourth-order valence-corrected chi connectivity index (χ4v) is 2.53. The van der Waals surface area contributed by atoms with E-state index in [0.29, 0.717) is 11.5 Å². The van der Waals surface area contributed by atoms with Crippen LogP contribution in [0.15, 0.2) is 47.1 Å². The molecule has 0 spiro atoms. The number of hydrogen-bond donors (Lipinski definition) is 1. The van der Waals surface area contributed by atoms with Gasteiger partial charge < -0.3 is 19.4 Å². The molecule has 1 amide bonds. The Hall–Kier alpha value is -2.48. The van der Waals surface area contributed by atoms with Crippen molar-refractivity contribution in [3.05, 3.63) is 54.0 Å². The van der Waals surface area contributed by atoms with Gasteiger partial charge in [0.15, 0.2) is 0 Å². The Morgan fingerprint density at radius 1 is 1.27 bits per heavy atom. The lowest BCUT2D eigenvalue weighted by Gasteiger charge is -2.24. The van der Waals surface area contributed by atoms with E-state index in [1.165, 1.54) is 19.4 Å². The van der Waals surface area contributed by atoms with Crippen LogP contribution < -0.4 is 10.1 Å². The number of carbonyl (C=O) groups is 1. The highest BCUT2D eigenvalue weighted by Gasteiger charge is 2.33. The quantitative estimate of drug-likeness (QED) is 0.772. The van der Waals surface area contributed by atoms with Crippen molar-refractivity contribution in [3.8, 4) is 5.75 Å². The maximum atomic E-state index is 12.8. The van der Waals surface area contributed by atoms with Crippen LogP contribution in [0, 0.1) is 0 Å². The monoisotopic (exact) mass is 370 g/mol. The van der Waals surface area contributed by atoms with E-state index in [-0.39, 0.29) is 19.1 Å². The lowest BCUT2D eigenvalue weighted by Crippen LogP contribution is -2.43. The summed E-state index contributed by atoms with van der Waals surface area (Å²) in [5.74, 6) is 0.267. The number of benzene rings is 1. The Labute approximate surface area is 149 Å². The number of alkyl halides is 3. The summed E-state index contributed by atoms with van der Waals surface area (Å²) in [6, 6.07) is 10.1. The van der Waals surface area contributed by atoms with E-state index in [9.17, 15) is 18.0 Å². The van der Waals surface area contributed by atoms with Gasteiger partial charge in [-0.05, 0) is 25.1 Å². The summed E-state index contributed by atoms with van der Waals surface area (Å²) in [6.07, 6.45) is -3.13. The van der Waals surface area contributed by atoms with E-state index in [1.54, 1.807) is 12.1 Å². The lowest BCUT2D eigenvalue weighted by molar-refractivity contribution is -0.162. The zero-order chi connectivity index (χ0) is 19.2. The van der Waals surface area contributed by atoms with E-state index < -0.39 is 18.6 Å². The molecule has 1 atom stereocenters. The van der Waals surface area contributed by atoms with Gasteiger partial charge in [0.05, 0.1) is 26.5 Å². The summed E-state index contributed by atoms with van der Waals surface area (Å²) in [7, 11) is 1.53. The molecule has 0 aliphatic heterocycles. The summed E-state index contributed by atoms with van der Waals surface area (Å²) in [5.41, 5.74) is 0.816. The van der Waals surface area contributed by atoms with Gasteiger partial charge in [-0.25, -0.2) is 0 Å². The van der Waals surface area contributed by atoms with Gasteiger partial charge >= 0.3 is 6.18 Å². The van der Waals surface area contributed by atoms with Crippen molar-refractivity contribution in [2.45, 2.75) is 25.7 Å². The summed E-state index contributed by atoms with van der Waals surface area (Å²) in [6.45, 7) is -0.00488. The van der Waals surface area contributed by atoms with E-state index in [4.69, 9.17) is 9.15 Å². The van der Waals surface area contributed by atoms with Crippen LogP contribution in [0.4, 0.5) is 13.2 Å². The molecule has 0 saturated carbocycles. The second-order valence-electron chi connectivity index (χ2n) is 5.79. The highest BCUT2D eigenvalue weighted by molar-refractivity contribution is 5.78. The average Bonchev–Trinajstić information content (AvgIpc) is 3.10. The van der Waals surface area contributed by atoms with Crippen LogP contribution in [0.3, 0.4) is 0 Å². The Morgan fingerprint density at radius 2 is 2.00 bits per heavy atom. The molecular weight excluding hydrogens is 349 g/mol. The molecule has 0 aliphatic carbocycles. The summed E-state index contributed by atoms with van der Waals surface area (Å²) >= 11 is 0. The van der Waals surface area contributed by atoms with Crippen molar-refractivity contribution in [2.24, 2.45) is 0 Å². The van der Waals surface area contributed by atoms with Crippen LogP contribution >= 0.6 is 0 Å². The Balaban J connectivity index is 2.01. The van der Waals surface area contributed by atoms with E-state index in [2.05, 4.69) is 5.32 Å². The summed E-state index contributed by atoms with van der Waals surface area (Å²) < 4.78 is 48.7. The van der Waals surface area contributed by atoms with Crippen molar-refractivity contribution >= 4 is 5.91 Å². The lowest BCUT2D eigenvalue weighted by atomic mass is 10.1. The molecule has 1 N–H and O–H groups in total. The number of amides is 1. The standard InChI is InChI=1S/C18H21F3N2O3/c1-13(15-7-3-4-8-16(15)25-2)22-10-17(24)23(12-18(19,20)21)11-14-6-5-9-26-14/h3-9,13,22H,10-12H2,1-2H3. The third kappa shape index (κ3) is 5.80. The van der Waals surface area contributed by atoms with E-state index in [0.717, 1.165) is 10.5 Å². The Morgan fingerprint density at radius 3 is 2.62 bits per heavy atom. The molecule has 1 heterocycles. The minimum atomic E-state index is -4.49. The molecule has 1 aromatic heterocycles. The number of para-hydroxylation sites is 1. The van der Waals surface area contributed by atoms with Crippen molar-refractivity contribution in [1.82, 2.24) is 10.2 Å². The molecule has 8 heteroatoms. The first kappa shape index (κ1) is 19.8. The fourth-order valence-electron chi connectivity index (χ4n) is 2.53. The van der Waals surface area contributed by atoms with Crippen LogP contribution in [-0.4, -0.2) is 37.2 Å². The van der Waals surface area contributed by atoms with Gasteiger partial charge in [0.1, 0.15) is 18.1 Å². The first-order valence-electron chi connectivity index (χ1n) is 8.03. The molecule has 0 radical (unpaired) electrons. The normalized spacial score (nSPS) is 12.7. The van der Waals surface area contributed by atoms with Gasteiger partial charge in [0, 0.05) is 11.6 Å². The first-order chi connectivity index (χ1) is 12.3. The number of nitrogens with one attached hydrogen (secondary N) is 1. The second kappa shape index (κ2) is 8.75. The zero-order valence-corrected chi connectivity index (χ0v) is 14.5. The van der Waals surface area contributed by atoms with E-state index in [1.807, 2.05) is 25.1 Å². The van der Waals surface area contributed by atoms with Crippen LogP contribution in [0.25, 0.3) is 0 Å². The topological polar surface area (TPSA) is 54.7 Å². The maximum absolute atomic E-state index is 12.8. The van der Waals surface area contributed by atoms with Gasteiger partial charge in [-0.1, -0.05) is 18.2 Å². The number of nitrogens with zero attached hydrogens (tertiary/aromatic N) is 1. The van der Waals surface area contributed by atoms with Gasteiger partial charge in [-0.3, -0.25) is 4.79 Å². The molecule has 1 unspecified atom stereocenters. The minimum Gasteiger partial charge on any atom is -0.496 e. The molecule has 0 fully saturated rings. The number of furan rings is 1. The maximum Gasteiger partial charge on any atom is 0.406 e. The SMILES string of the molecule is COc1ccccc1C(C)NCC(=O)N(Cc1ccco1)CC(F)(F)F. The van der Waals surface area contributed by atoms with Gasteiger partial charge in [-0.15, -0.1) is 0 Å². The minimum absolute atomic E-state index is 0.240. The van der Waals surface area contributed by atoms with Gasteiger partial charge in [0.2, 0.25) is 5.91 Å². The van der Waals surface area contributed by atoms with Crippen LogP contribution in [-0.2, 0) is 11.3 Å². The van der Waals surface area contributed by atoms with Gasteiger partial charge in [-0.2, -0.15) is 13.2 Å². The van der Waals surface area contributed by atoms with Crippen molar-refractivity contribution in [1.29, 1.82) is 0 Å². The number of halogens is 3. The zero-order valence-electron chi connectivity index (χ0n) is 14.5. The molecule has 2 aromatic rings. The average molecular weight is 370 g/mol. The molecule has 142 valence electrons. The smallest absolute Gasteiger partial charge is 0.406 e. The first-order valence-corrected chi connectivity index (χ1v) is 8.03. The largest absolute Gasteiger partial charge is 0.496 e. The van der Waals surface area contributed by atoms with Crippen molar-refractivity contribution in [2.75, 3.05) is 20.2 Å². The fraction of sp³-hybridized carbons (Fsp3) is 0.389. The number of carbonyl (C=O) groups excluding carboxylic acids is 1. The van der Waals surface area contributed by atoms with Crippen LogP contribution in [0.1, 0.15) is 24.3 Å². The molecule has 26 heavy (non-hydrogen) atoms. The predicted octanol–water partition coefficient (Wildman–Crippen LogP) is 3.53. The third-order valence-electron chi connectivity index (χ3n) is 3.81. The molecule has 0 saturated heterocycles. The molecule has 1 aromatic carbocycles. The van der Waals surface area contributed by atoms with E-state index >= 15 is 0 Å². The Kier molecular flexibility index (Phi) is 6.68. The molecule has 5 nitrogen and oxygen atoms in total. The number of ether oxygens (including phenoxy) is 1. The third-order valence-corrected chi connectivity index (χ3v) is 3.81. The van der Waals surface area contributed by atoms with Gasteiger partial charge in [0.25, 0.3) is 0 Å². The highest BCUT2D eigenvalue weighted by atomic mass is 19.4. The van der Waals surface area contributed by atoms with Crippen molar-refractivity contribution in [3.63, 3.8) is 0 Å². The number of rotatable bonds is 8. The molecular formula is C18H21F3N2O3. The molecule has 0 bridgehead atoms. The molecule has 2 rings (SSSR count). The Bertz CT molecular complexity index is 702. The molecule has 0 aliphatic rings. The predicted molar refractivity (Wildman–Crippen MR) is 89.6 cm³/mol. The van der Waals surface area contributed by atoms with Crippen molar-refractivity contribution < 1.29 is 27.1 Å². The summed E-state index contributed by atoms with van der Waals surface area (Å²) in [5, 5.41) is 2.95. The number of methoxy groups -OCH3 is 1. The number of hydrogen-bond acceptors (Lipinski definition) is 4. The highest BCUT2D eigenvalue weighted by Crippen LogP contribution is 2.24. The summed E-state index contributed by atoms with van der Waals surface area (Å²) in [4.78, 5) is 13.1. The second-order valence-corrected chi connectivity index (χ2v) is 5.79. The van der Waals surface area contributed by atoms with Crippen LogP contribution in [0.5, 0.6) is 5.75 Å². The van der Waals surface area contributed by atoms with Crippen LogP contribution in [0.2, 0.25) is 0 Å².